The Morgan fingerprint density at radius 3 is 2.76 bits per heavy atom. The third kappa shape index (κ3) is 3.20. The molecule has 0 aliphatic heterocycles. The lowest BCUT2D eigenvalue weighted by Crippen LogP contribution is -2.39. The highest BCUT2D eigenvalue weighted by Crippen LogP contribution is 2.31. The average Bonchev–Trinajstić information content (AvgIpc) is 3.14. The molecule has 116 valence electrons. The summed E-state index contributed by atoms with van der Waals surface area (Å²) in [7, 11) is -2.47. The number of thiophene rings is 1. The van der Waals surface area contributed by atoms with E-state index in [1.807, 2.05) is 0 Å². The standard InChI is InChI=1S/C14H19NO4S2/c1-3-9-15(11-6-4-5-7-11)21(17,18)12-8-10-20-13(12)14(16)19-2/h3,8,10-11H,1,4-7,9H2,2H3. The minimum absolute atomic E-state index is 0.0154. The van der Waals surface area contributed by atoms with Crippen molar-refractivity contribution < 1.29 is 17.9 Å². The maximum Gasteiger partial charge on any atom is 0.349 e. The van der Waals surface area contributed by atoms with Gasteiger partial charge in [-0.1, -0.05) is 18.9 Å². The first-order valence-electron chi connectivity index (χ1n) is 6.81. The third-order valence-electron chi connectivity index (χ3n) is 3.63. The molecule has 0 N–H and O–H groups in total. The van der Waals surface area contributed by atoms with Crippen LogP contribution in [-0.2, 0) is 14.8 Å². The van der Waals surface area contributed by atoms with Gasteiger partial charge in [-0.15, -0.1) is 17.9 Å². The van der Waals surface area contributed by atoms with Crippen molar-refractivity contribution in [1.29, 1.82) is 0 Å². The van der Waals surface area contributed by atoms with Gasteiger partial charge >= 0.3 is 5.97 Å². The molecule has 0 saturated heterocycles. The zero-order valence-electron chi connectivity index (χ0n) is 11.9. The van der Waals surface area contributed by atoms with Crippen LogP contribution in [0, 0.1) is 0 Å². The predicted octanol–water partition coefficient (Wildman–Crippen LogP) is 2.65. The summed E-state index contributed by atoms with van der Waals surface area (Å²) in [6.07, 6.45) is 5.35. The fourth-order valence-electron chi connectivity index (χ4n) is 2.63. The van der Waals surface area contributed by atoms with Crippen LogP contribution in [0.2, 0.25) is 0 Å². The van der Waals surface area contributed by atoms with Crippen LogP contribution in [0.4, 0.5) is 0 Å². The summed E-state index contributed by atoms with van der Waals surface area (Å²) in [4.78, 5) is 11.9. The normalized spacial score (nSPS) is 16.3. The molecule has 0 aromatic carbocycles. The van der Waals surface area contributed by atoms with E-state index in [2.05, 4.69) is 11.3 Å². The number of esters is 1. The van der Waals surface area contributed by atoms with Gasteiger partial charge in [0.25, 0.3) is 0 Å². The molecule has 1 aromatic heterocycles. The van der Waals surface area contributed by atoms with Crippen LogP contribution in [0.3, 0.4) is 0 Å². The monoisotopic (exact) mass is 329 g/mol. The van der Waals surface area contributed by atoms with Crippen molar-refractivity contribution in [3.05, 3.63) is 29.0 Å². The lowest BCUT2D eigenvalue weighted by molar-refractivity contribution is 0.0602. The lowest BCUT2D eigenvalue weighted by Gasteiger charge is -2.26. The molecule has 2 rings (SSSR count). The molecule has 1 fully saturated rings. The molecular formula is C14H19NO4S2. The van der Waals surface area contributed by atoms with Gasteiger partial charge in [-0.05, 0) is 24.3 Å². The average molecular weight is 329 g/mol. The molecule has 0 atom stereocenters. The van der Waals surface area contributed by atoms with E-state index in [4.69, 9.17) is 0 Å². The summed E-state index contributed by atoms with van der Waals surface area (Å²) in [6, 6.07) is 1.45. The van der Waals surface area contributed by atoms with Gasteiger partial charge in [0.05, 0.1) is 7.11 Å². The molecular weight excluding hydrogens is 310 g/mol. The lowest BCUT2D eigenvalue weighted by atomic mass is 10.2. The van der Waals surface area contributed by atoms with Gasteiger partial charge in [-0.25, -0.2) is 13.2 Å². The number of carbonyl (C=O) groups excluding carboxylic acids is 1. The number of methoxy groups -OCH3 is 1. The second-order valence-corrected chi connectivity index (χ2v) is 7.68. The topological polar surface area (TPSA) is 63.7 Å². The molecule has 1 aromatic rings. The highest BCUT2D eigenvalue weighted by Gasteiger charge is 2.35. The van der Waals surface area contributed by atoms with Gasteiger partial charge in [0.15, 0.2) is 0 Å². The summed E-state index contributed by atoms with van der Waals surface area (Å²) >= 11 is 1.08. The first-order chi connectivity index (χ1) is 10.0. The third-order valence-corrected chi connectivity index (χ3v) is 6.61. The van der Waals surface area contributed by atoms with Crippen LogP contribution in [0.5, 0.6) is 0 Å². The fourth-order valence-corrected chi connectivity index (χ4v) is 5.60. The van der Waals surface area contributed by atoms with Crippen molar-refractivity contribution in [3.63, 3.8) is 0 Å². The molecule has 1 aliphatic carbocycles. The first-order valence-corrected chi connectivity index (χ1v) is 9.13. The minimum Gasteiger partial charge on any atom is -0.465 e. The van der Waals surface area contributed by atoms with Gasteiger partial charge in [-0.3, -0.25) is 0 Å². The molecule has 5 nitrogen and oxygen atoms in total. The summed E-state index contributed by atoms with van der Waals surface area (Å²) < 4.78 is 31.9. The predicted molar refractivity (Wildman–Crippen MR) is 82.0 cm³/mol. The molecule has 1 saturated carbocycles. The Bertz CT molecular complexity index is 615. The van der Waals surface area contributed by atoms with Crippen molar-refractivity contribution in [1.82, 2.24) is 4.31 Å². The maximum absolute atomic E-state index is 12.9. The molecule has 0 amide bonds. The van der Waals surface area contributed by atoms with Gasteiger partial charge in [0, 0.05) is 12.6 Å². The number of hydrogen-bond donors (Lipinski definition) is 0. The van der Waals surface area contributed by atoms with Crippen LogP contribution in [-0.4, -0.2) is 38.4 Å². The maximum atomic E-state index is 12.9. The molecule has 0 bridgehead atoms. The zero-order chi connectivity index (χ0) is 15.5. The molecule has 21 heavy (non-hydrogen) atoms. The zero-order valence-corrected chi connectivity index (χ0v) is 13.6. The van der Waals surface area contributed by atoms with E-state index in [0.717, 1.165) is 37.0 Å². The Morgan fingerprint density at radius 1 is 1.52 bits per heavy atom. The van der Waals surface area contributed by atoms with E-state index < -0.39 is 16.0 Å². The summed E-state index contributed by atoms with van der Waals surface area (Å²) in [5.74, 6) is -0.617. The Kier molecular flexibility index (Phi) is 5.18. The second-order valence-electron chi connectivity index (χ2n) is 4.91. The quantitative estimate of drug-likeness (QED) is 0.594. The van der Waals surface area contributed by atoms with E-state index in [9.17, 15) is 13.2 Å². The fraction of sp³-hybridized carbons (Fsp3) is 0.500. The van der Waals surface area contributed by atoms with E-state index in [-0.39, 0.29) is 22.4 Å². The second kappa shape index (κ2) is 6.72. The highest BCUT2D eigenvalue weighted by atomic mass is 32.2. The number of carbonyl (C=O) groups is 1. The van der Waals surface area contributed by atoms with Crippen LogP contribution in [0.25, 0.3) is 0 Å². The number of nitrogens with zero attached hydrogens (tertiary/aromatic N) is 1. The smallest absolute Gasteiger partial charge is 0.349 e. The van der Waals surface area contributed by atoms with Gasteiger partial charge < -0.3 is 4.74 Å². The van der Waals surface area contributed by atoms with Crippen LogP contribution in [0.1, 0.15) is 35.4 Å². The van der Waals surface area contributed by atoms with Crippen LogP contribution < -0.4 is 0 Å². The Morgan fingerprint density at radius 2 is 2.19 bits per heavy atom. The van der Waals surface area contributed by atoms with Gasteiger partial charge in [-0.2, -0.15) is 4.31 Å². The molecule has 1 aliphatic rings. The van der Waals surface area contributed by atoms with E-state index in [1.54, 1.807) is 11.5 Å². The highest BCUT2D eigenvalue weighted by molar-refractivity contribution is 7.89. The Labute approximate surface area is 129 Å². The molecule has 7 heteroatoms. The number of ether oxygens (including phenoxy) is 1. The SMILES string of the molecule is C=CCN(C1CCCC1)S(=O)(=O)c1ccsc1C(=O)OC. The van der Waals surface area contributed by atoms with E-state index >= 15 is 0 Å². The molecule has 1 heterocycles. The Hall–Kier alpha value is -1.18. The van der Waals surface area contributed by atoms with Crippen LogP contribution >= 0.6 is 11.3 Å². The van der Waals surface area contributed by atoms with Gasteiger partial charge in [0.1, 0.15) is 9.77 Å². The van der Waals surface area contributed by atoms with E-state index in [1.165, 1.54) is 17.5 Å². The van der Waals surface area contributed by atoms with E-state index in [0.29, 0.717) is 0 Å². The Balaban J connectivity index is 2.41. The molecule has 0 spiro atoms. The minimum atomic E-state index is -3.72. The molecule has 0 radical (unpaired) electrons. The summed E-state index contributed by atoms with van der Waals surface area (Å²) in [5, 5.41) is 1.60. The van der Waals surface area contributed by atoms with Gasteiger partial charge in [0.2, 0.25) is 10.0 Å². The van der Waals surface area contributed by atoms with Crippen molar-refractivity contribution >= 4 is 27.3 Å². The van der Waals surface area contributed by atoms with Crippen molar-refractivity contribution in [2.24, 2.45) is 0 Å². The van der Waals surface area contributed by atoms with Crippen molar-refractivity contribution in [2.75, 3.05) is 13.7 Å². The molecule has 0 unspecified atom stereocenters. The number of sulfonamides is 1. The summed E-state index contributed by atoms with van der Waals surface area (Å²) in [6.45, 7) is 3.90. The largest absolute Gasteiger partial charge is 0.465 e. The first kappa shape index (κ1) is 16.2. The van der Waals surface area contributed by atoms with Crippen molar-refractivity contribution in [2.45, 2.75) is 36.6 Å². The number of rotatable bonds is 6. The summed E-state index contributed by atoms with van der Waals surface area (Å²) in [5.41, 5.74) is 0. The van der Waals surface area contributed by atoms with Crippen molar-refractivity contribution in [3.8, 4) is 0 Å². The number of hydrogen-bond acceptors (Lipinski definition) is 5. The van der Waals surface area contributed by atoms with Crippen LogP contribution in [0.15, 0.2) is 29.0 Å².